The molecular formula is C20H23NO3. The first-order valence-corrected chi connectivity index (χ1v) is 7.94. The van der Waals surface area contributed by atoms with Crippen LogP contribution in [0.4, 0.5) is 0 Å². The van der Waals surface area contributed by atoms with Crippen LogP contribution in [0.25, 0.3) is 0 Å². The number of ether oxygens (including phenoxy) is 1. The Bertz CT molecular complexity index is 636. The largest absolute Gasteiger partial charge is 0.455 e. The SMILES string of the molecule is CC(C)(C)NC(=O)COC(=O)C(c1ccccc1)c1ccccc1. The van der Waals surface area contributed by atoms with Crippen molar-refractivity contribution in [3.8, 4) is 0 Å². The van der Waals surface area contributed by atoms with Gasteiger partial charge in [-0.25, -0.2) is 0 Å². The lowest BCUT2D eigenvalue weighted by molar-refractivity contribution is -0.149. The van der Waals surface area contributed by atoms with Crippen molar-refractivity contribution in [2.75, 3.05) is 6.61 Å². The molecule has 1 N–H and O–H groups in total. The zero-order valence-electron chi connectivity index (χ0n) is 14.3. The summed E-state index contributed by atoms with van der Waals surface area (Å²) >= 11 is 0. The van der Waals surface area contributed by atoms with Gasteiger partial charge in [0.25, 0.3) is 5.91 Å². The second kappa shape index (κ2) is 7.77. The molecule has 0 fully saturated rings. The van der Waals surface area contributed by atoms with E-state index in [1.54, 1.807) is 0 Å². The van der Waals surface area contributed by atoms with Gasteiger partial charge in [0.2, 0.25) is 0 Å². The van der Waals surface area contributed by atoms with E-state index in [4.69, 9.17) is 4.74 Å². The molecule has 2 rings (SSSR count). The molecule has 0 atom stereocenters. The second-order valence-electron chi connectivity index (χ2n) is 6.66. The third-order valence-electron chi connectivity index (χ3n) is 3.36. The summed E-state index contributed by atoms with van der Waals surface area (Å²) in [5.74, 6) is -1.29. The van der Waals surface area contributed by atoms with Crippen LogP contribution in [-0.4, -0.2) is 24.0 Å². The van der Waals surface area contributed by atoms with Gasteiger partial charge in [0.1, 0.15) is 5.92 Å². The average molecular weight is 325 g/mol. The Kier molecular flexibility index (Phi) is 5.74. The lowest BCUT2D eigenvalue weighted by Gasteiger charge is -2.21. The van der Waals surface area contributed by atoms with Gasteiger partial charge in [-0.15, -0.1) is 0 Å². The first-order valence-electron chi connectivity index (χ1n) is 7.94. The second-order valence-corrected chi connectivity index (χ2v) is 6.66. The molecule has 2 aromatic carbocycles. The summed E-state index contributed by atoms with van der Waals surface area (Å²) in [6.45, 7) is 5.35. The highest BCUT2D eigenvalue weighted by atomic mass is 16.5. The van der Waals surface area contributed by atoms with Gasteiger partial charge in [-0.1, -0.05) is 60.7 Å². The van der Waals surface area contributed by atoms with Crippen LogP contribution in [0, 0.1) is 0 Å². The fraction of sp³-hybridized carbons (Fsp3) is 0.300. The van der Waals surface area contributed by atoms with E-state index in [9.17, 15) is 9.59 Å². The highest BCUT2D eigenvalue weighted by molar-refractivity contribution is 5.85. The Morgan fingerprint density at radius 3 is 1.79 bits per heavy atom. The molecule has 0 unspecified atom stereocenters. The fourth-order valence-electron chi connectivity index (χ4n) is 2.43. The lowest BCUT2D eigenvalue weighted by atomic mass is 9.91. The van der Waals surface area contributed by atoms with E-state index in [1.807, 2.05) is 81.4 Å². The number of rotatable bonds is 5. The summed E-state index contributed by atoms with van der Waals surface area (Å²) in [5, 5.41) is 2.78. The number of carbonyl (C=O) groups excluding carboxylic acids is 2. The maximum Gasteiger partial charge on any atom is 0.318 e. The Hall–Kier alpha value is -2.62. The quantitative estimate of drug-likeness (QED) is 0.858. The molecule has 0 aliphatic rings. The molecule has 0 aromatic heterocycles. The molecule has 0 aliphatic carbocycles. The Labute approximate surface area is 142 Å². The van der Waals surface area contributed by atoms with E-state index >= 15 is 0 Å². The minimum absolute atomic E-state index is 0.285. The van der Waals surface area contributed by atoms with Gasteiger partial charge >= 0.3 is 5.97 Å². The molecule has 0 aliphatic heterocycles. The Morgan fingerprint density at radius 1 is 0.917 bits per heavy atom. The number of benzene rings is 2. The van der Waals surface area contributed by atoms with Crippen molar-refractivity contribution in [2.24, 2.45) is 0 Å². The van der Waals surface area contributed by atoms with E-state index in [0.29, 0.717) is 0 Å². The molecule has 0 bridgehead atoms. The molecule has 126 valence electrons. The van der Waals surface area contributed by atoms with Crippen molar-refractivity contribution in [2.45, 2.75) is 32.2 Å². The van der Waals surface area contributed by atoms with Crippen molar-refractivity contribution < 1.29 is 14.3 Å². The third kappa shape index (κ3) is 5.23. The summed E-state index contributed by atoms with van der Waals surface area (Å²) in [6, 6.07) is 18.8. The summed E-state index contributed by atoms with van der Waals surface area (Å²) in [7, 11) is 0. The summed E-state index contributed by atoms with van der Waals surface area (Å²) in [5.41, 5.74) is 1.32. The normalized spacial score (nSPS) is 11.2. The first kappa shape index (κ1) is 17.7. The molecule has 0 heterocycles. The van der Waals surface area contributed by atoms with E-state index in [1.165, 1.54) is 0 Å². The molecule has 4 nitrogen and oxygen atoms in total. The van der Waals surface area contributed by atoms with Crippen LogP contribution in [0.15, 0.2) is 60.7 Å². The van der Waals surface area contributed by atoms with E-state index in [-0.39, 0.29) is 18.1 Å². The summed E-state index contributed by atoms with van der Waals surface area (Å²) in [6.07, 6.45) is 0. The topological polar surface area (TPSA) is 55.4 Å². The number of esters is 1. The van der Waals surface area contributed by atoms with Crippen molar-refractivity contribution in [1.82, 2.24) is 5.32 Å². The first-order chi connectivity index (χ1) is 11.4. The molecule has 1 amide bonds. The molecule has 0 spiro atoms. The zero-order chi connectivity index (χ0) is 17.6. The summed E-state index contributed by atoms with van der Waals surface area (Å²) in [4.78, 5) is 24.5. The van der Waals surface area contributed by atoms with E-state index < -0.39 is 11.9 Å². The maximum atomic E-state index is 12.6. The number of nitrogens with one attached hydrogen (secondary N) is 1. The van der Waals surface area contributed by atoms with Gasteiger partial charge in [-0.2, -0.15) is 0 Å². The van der Waals surface area contributed by atoms with Crippen LogP contribution in [-0.2, 0) is 14.3 Å². The lowest BCUT2D eigenvalue weighted by Crippen LogP contribution is -2.43. The van der Waals surface area contributed by atoms with Gasteiger partial charge in [0.05, 0.1) is 0 Å². The van der Waals surface area contributed by atoms with Gasteiger partial charge in [0.15, 0.2) is 6.61 Å². The monoisotopic (exact) mass is 325 g/mol. The minimum Gasteiger partial charge on any atom is -0.455 e. The average Bonchev–Trinajstić information content (AvgIpc) is 2.54. The molecule has 0 saturated heterocycles. The van der Waals surface area contributed by atoms with Gasteiger partial charge in [0, 0.05) is 5.54 Å². The van der Waals surface area contributed by atoms with Crippen molar-refractivity contribution in [3.05, 3.63) is 71.8 Å². The number of amides is 1. The minimum atomic E-state index is -0.546. The summed E-state index contributed by atoms with van der Waals surface area (Å²) < 4.78 is 5.27. The third-order valence-corrected chi connectivity index (χ3v) is 3.36. The van der Waals surface area contributed by atoms with Crippen molar-refractivity contribution >= 4 is 11.9 Å². The predicted octanol–water partition coefficient (Wildman–Crippen LogP) is 3.28. The highest BCUT2D eigenvalue weighted by Crippen LogP contribution is 2.25. The number of hydrogen-bond acceptors (Lipinski definition) is 3. The van der Waals surface area contributed by atoms with Crippen LogP contribution in [0.5, 0.6) is 0 Å². The Morgan fingerprint density at radius 2 is 1.38 bits per heavy atom. The predicted molar refractivity (Wildman–Crippen MR) is 93.6 cm³/mol. The van der Waals surface area contributed by atoms with Crippen LogP contribution in [0.1, 0.15) is 37.8 Å². The van der Waals surface area contributed by atoms with Crippen LogP contribution >= 0.6 is 0 Å². The molecule has 0 saturated carbocycles. The van der Waals surface area contributed by atoms with Gasteiger partial charge in [-0.05, 0) is 31.9 Å². The molecule has 2 aromatic rings. The molecular weight excluding hydrogens is 302 g/mol. The highest BCUT2D eigenvalue weighted by Gasteiger charge is 2.25. The van der Waals surface area contributed by atoms with Crippen LogP contribution < -0.4 is 5.32 Å². The van der Waals surface area contributed by atoms with Crippen molar-refractivity contribution in [1.29, 1.82) is 0 Å². The standard InChI is InChI=1S/C20H23NO3/c1-20(2,3)21-17(22)14-24-19(23)18(15-10-6-4-7-11-15)16-12-8-5-9-13-16/h4-13,18H,14H2,1-3H3,(H,21,22). The van der Waals surface area contributed by atoms with Gasteiger partial charge in [-0.3, -0.25) is 9.59 Å². The molecule has 0 radical (unpaired) electrons. The molecule has 24 heavy (non-hydrogen) atoms. The Balaban J connectivity index is 2.13. The van der Waals surface area contributed by atoms with E-state index in [2.05, 4.69) is 5.32 Å². The van der Waals surface area contributed by atoms with Gasteiger partial charge < -0.3 is 10.1 Å². The van der Waals surface area contributed by atoms with Crippen LogP contribution in [0.3, 0.4) is 0 Å². The molecule has 4 heteroatoms. The zero-order valence-corrected chi connectivity index (χ0v) is 14.3. The fourth-order valence-corrected chi connectivity index (χ4v) is 2.43. The van der Waals surface area contributed by atoms with Crippen molar-refractivity contribution in [3.63, 3.8) is 0 Å². The number of hydrogen-bond donors (Lipinski definition) is 1. The number of carbonyl (C=O) groups is 2. The van der Waals surface area contributed by atoms with E-state index in [0.717, 1.165) is 11.1 Å². The maximum absolute atomic E-state index is 12.6. The van der Waals surface area contributed by atoms with Crippen LogP contribution in [0.2, 0.25) is 0 Å². The smallest absolute Gasteiger partial charge is 0.318 e.